The summed E-state index contributed by atoms with van der Waals surface area (Å²) in [7, 11) is 3.43. The second kappa shape index (κ2) is 8.10. The van der Waals surface area contributed by atoms with Gasteiger partial charge in [0.2, 0.25) is 0 Å². The molecule has 0 spiro atoms. The van der Waals surface area contributed by atoms with E-state index in [1.807, 2.05) is 19.9 Å². The summed E-state index contributed by atoms with van der Waals surface area (Å²) in [5, 5.41) is 0. The fraction of sp³-hybridized carbons (Fsp3) is 0.500. The molecule has 0 unspecified atom stereocenters. The molecule has 0 atom stereocenters. The van der Waals surface area contributed by atoms with Gasteiger partial charge in [-0.15, -0.1) is 0 Å². The van der Waals surface area contributed by atoms with Crippen molar-refractivity contribution in [1.29, 1.82) is 0 Å². The number of benzene rings is 1. The zero-order valence-electron chi connectivity index (χ0n) is 11.4. The molecule has 0 fully saturated rings. The molecule has 0 saturated heterocycles. The van der Waals surface area contributed by atoms with Crippen LogP contribution in [0.3, 0.4) is 0 Å². The summed E-state index contributed by atoms with van der Waals surface area (Å²) in [6.07, 6.45) is 3.66. The van der Waals surface area contributed by atoms with Gasteiger partial charge in [-0.1, -0.05) is 18.6 Å². The third kappa shape index (κ3) is 4.59. The standard InChI is InChI=1S/C14H20OP.Li/c1-10-7-8-11(2)14(12(10)3)13(15)6-4-5-9-16;/h7-8,16H,4-6,9H2,1-3H3;/q-1;+1. The normalized spacial score (nSPS) is 9.88. The van der Waals surface area contributed by atoms with Crippen LogP contribution in [0.15, 0.2) is 12.1 Å². The number of carbonyl (C=O) groups excluding carboxylic acids is 1. The van der Waals surface area contributed by atoms with Crippen LogP contribution in [-0.4, -0.2) is 11.9 Å². The molecule has 88 valence electrons. The smallest absolute Gasteiger partial charge is 0.558 e. The number of aryl methyl sites for hydroxylation is 2. The minimum atomic E-state index is 0. The summed E-state index contributed by atoms with van der Waals surface area (Å²) in [6.45, 7) is 6.12. The summed E-state index contributed by atoms with van der Waals surface area (Å²) in [6, 6.07) is 4.12. The molecule has 0 aliphatic heterocycles. The van der Waals surface area contributed by atoms with E-state index >= 15 is 0 Å². The monoisotopic (exact) mass is 242 g/mol. The second-order valence-corrected chi connectivity index (χ2v) is 4.83. The summed E-state index contributed by atoms with van der Waals surface area (Å²) in [4.78, 5) is 12.1. The average molecular weight is 242 g/mol. The molecule has 1 rings (SSSR count). The topological polar surface area (TPSA) is 17.1 Å². The van der Waals surface area contributed by atoms with Gasteiger partial charge in [-0.2, -0.15) is 6.16 Å². The molecule has 0 saturated carbocycles. The Morgan fingerprint density at radius 3 is 2.29 bits per heavy atom. The van der Waals surface area contributed by atoms with E-state index < -0.39 is 0 Å². The summed E-state index contributed by atoms with van der Waals surface area (Å²) in [5.41, 5.74) is 4.39. The molecule has 0 radical (unpaired) electrons. The predicted molar refractivity (Wildman–Crippen MR) is 72.0 cm³/mol. The number of hydrogen-bond donors (Lipinski definition) is 0. The summed E-state index contributed by atoms with van der Waals surface area (Å²) >= 11 is 0. The number of rotatable bonds is 5. The van der Waals surface area contributed by atoms with E-state index in [1.165, 1.54) is 5.56 Å². The largest absolute Gasteiger partial charge is 1.00 e. The van der Waals surface area contributed by atoms with Crippen LogP contribution in [0.25, 0.3) is 0 Å². The Bertz CT molecular complexity index is 388. The van der Waals surface area contributed by atoms with Gasteiger partial charge in [-0.25, -0.2) is 0 Å². The Balaban J connectivity index is 0.00000256. The Morgan fingerprint density at radius 2 is 1.71 bits per heavy atom. The van der Waals surface area contributed by atoms with Gasteiger partial charge in [-0.05, 0) is 43.9 Å². The molecule has 0 heterocycles. The Labute approximate surface area is 119 Å². The van der Waals surface area contributed by atoms with Crippen molar-refractivity contribution >= 4 is 15.0 Å². The van der Waals surface area contributed by atoms with E-state index in [4.69, 9.17) is 0 Å². The molecular weight excluding hydrogens is 222 g/mol. The van der Waals surface area contributed by atoms with Gasteiger partial charge < -0.3 is 9.24 Å². The van der Waals surface area contributed by atoms with Gasteiger partial charge in [0, 0.05) is 12.0 Å². The van der Waals surface area contributed by atoms with Crippen LogP contribution in [-0.2, 0) is 0 Å². The first kappa shape index (κ1) is 16.9. The van der Waals surface area contributed by atoms with Gasteiger partial charge in [0.15, 0.2) is 5.78 Å². The fourth-order valence-corrected chi connectivity index (χ4v) is 2.17. The Hall–Kier alpha value is -0.0826. The Kier molecular flexibility index (Phi) is 8.06. The van der Waals surface area contributed by atoms with Gasteiger partial charge in [0.25, 0.3) is 0 Å². The number of unbranched alkanes of at least 4 members (excludes halogenated alkanes) is 1. The maximum Gasteiger partial charge on any atom is 1.00 e. The van der Waals surface area contributed by atoms with Crippen LogP contribution in [0.4, 0.5) is 0 Å². The zero-order valence-corrected chi connectivity index (χ0v) is 12.4. The minimum absolute atomic E-state index is 0. The van der Waals surface area contributed by atoms with Gasteiger partial charge in [0.1, 0.15) is 0 Å². The fourth-order valence-electron chi connectivity index (χ4n) is 1.92. The molecule has 17 heavy (non-hydrogen) atoms. The molecule has 0 aliphatic rings. The number of Topliss-reactive ketones (excluding diaryl/α,β-unsaturated/α-hetero) is 1. The SMILES string of the molecule is Cc1ccc(C)c(C(=O)CCCC[PH-])c1C.[Li+]. The van der Waals surface area contributed by atoms with Gasteiger partial charge >= 0.3 is 18.9 Å². The van der Waals surface area contributed by atoms with Crippen LogP contribution in [0.1, 0.15) is 46.3 Å². The first-order valence-electron chi connectivity index (χ1n) is 5.82. The third-order valence-electron chi connectivity index (χ3n) is 3.05. The Morgan fingerprint density at radius 1 is 1.12 bits per heavy atom. The van der Waals surface area contributed by atoms with Crippen molar-refractivity contribution in [2.24, 2.45) is 0 Å². The molecule has 1 aromatic carbocycles. The molecule has 0 N–H and O–H groups in total. The van der Waals surface area contributed by atoms with Crippen molar-refractivity contribution in [1.82, 2.24) is 0 Å². The van der Waals surface area contributed by atoms with Crippen molar-refractivity contribution in [3.8, 4) is 0 Å². The molecule has 0 amide bonds. The first-order valence-corrected chi connectivity index (χ1v) is 6.53. The molecule has 1 aromatic rings. The van der Waals surface area contributed by atoms with E-state index in [0.29, 0.717) is 12.2 Å². The van der Waals surface area contributed by atoms with E-state index in [0.717, 1.165) is 35.7 Å². The number of hydrogen-bond acceptors (Lipinski definition) is 1. The van der Waals surface area contributed by atoms with E-state index in [1.54, 1.807) is 0 Å². The van der Waals surface area contributed by atoms with Crippen molar-refractivity contribution in [3.05, 3.63) is 34.4 Å². The first-order chi connectivity index (χ1) is 7.57. The molecule has 0 aliphatic carbocycles. The molecule has 0 aromatic heterocycles. The van der Waals surface area contributed by atoms with Crippen LogP contribution < -0.4 is 18.9 Å². The predicted octanol–water partition coefficient (Wildman–Crippen LogP) is 1.11. The maximum atomic E-state index is 12.1. The zero-order chi connectivity index (χ0) is 12.1. The van der Waals surface area contributed by atoms with Crippen molar-refractivity contribution in [2.45, 2.75) is 40.0 Å². The average Bonchev–Trinajstić information content (AvgIpc) is 2.24. The molecule has 3 heteroatoms. The maximum absolute atomic E-state index is 12.1. The third-order valence-corrected chi connectivity index (χ3v) is 3.41. The van der Waals surface area contributed by atoms with E-state index in [2.05, 4.69) is 22.2 Å². The van der Waals surface area contributed by atoms with Gasteiger partial charge in [0.05, 0.1) is 0 Å². The second-order valence-electron chi connectivity index (χ2n) is 4.33. The van der Waals surface area contributed by atoms with Crippen LogP contribution in [0.2, 0.25) is 0 Å². The van der Waals surface area contributed by atoms with Crippen molar-refractivity contribution < 1.29 is 23.7 Å². The van der Waals surface area contributed by atoms with E-state index in [9.17, 15) is 4.79 Å². The molecule has 1 nitrogen and oxygen atoms in total. The van der Waals surface area contributed by atoms with Crippen LogP contribution in [0.5, 0.6) is 0 Å². The number of ketones is 1. The molecule has 0 bridgehead atoms. The number of carbonyl (C=O) groups is 1. The van der Waals surface area contributed by atoms with E-state index in [-0.39, 0.29) is 18.9 Å². The summed E-state index contributed by atoms with van der Waals surface area (Å²) < 4.78 is 0. The molecular formula is C14H20LiOP. The van der Waals surface area contributed by atoms with Crippen LogP contribution in [0, 0.1) is 20.8 Å². The quantitative estimate of drug-likeness (QED) is 0.327. The summed E-state index contributed by atoms with van der Waals surface area (Å²) in [5.74, 6) is 0.291. The van der Waals surface area contributed by atoms with Gasteiger partial charge in [-0.3, -0.25) is 4.79 Å². The van der Waals surface area contributed by atoms with Crippen LogP contribution >= 0.6 is 9.24 Å². The van der Waals surface area contributed by atoms with Crippen molar-refractivity contribution in [2.75, 3.05) is 6.16 Å². The van der Waals surface area contributed by atoms with Crippen molar-refractivity contribution in [3.63, 3.8) is 0 Å². The minimum Gasteiger partial charge on any atom is -0.558 e.